The molecule has 0 unspecified atom stereocenters. The normalized spacial score (nSPS) is 10.3. The highest BCUT2D eigenvalue weighted by atomic mass is 35.5. The molecule has 0 radical (unpaired) electrons. The molecule has 0 N–H and O–H groups in total. The van der Waals surface area contributed by atoms with E-state index >= 15 is 0 Å². The van der Waals surface area contributed by atoms with Crippen LogP contribution in [0.1, 0.15) is 6.92 Å². The first-order valence-corrected chi connectivity index (χ1v) is 4.98. The molecule has 0 fully saturated rings. The van der Waals surface area contributed by atoms with Crippen LogP contribution >= 0.6 is 11.6 Å². The van der Waals surface area contributed by atoms with Crippen molar-refractivity contribution in [1.82, 2.24) is 14.8 Å². The lowest BCUT2D eigenvalue weighted by Gasteiger charge is -2.04. The molecule has 0 amide bonds. The zero-order chi connectivity index (χ0) is 10.7. The summed E-state index contributed by atoms with van der Waals surface area (Å²) in [5.41, 5.74) is 0. The zero-order valence-corrected chi connectivity index (χ0v) is 8.98. The van der Waals surface area contributed by atoms with Crippen LogP contribution in [0.4, 0.5) is 0 Å². The summed E-state index contributed by atoms with van der Waals surface area (Å²) in [5.74, 6) is 0.658. The summed E-state index contributed by atoms with van der Waals surface area (Å²) in [6.07, 6.45) is 1.46. The first-order chi connectivity index (χ1) is 7.29. The molecule has 1 aromatic heterocycles. The van der Waals surface area contributed by atoms with Crippen molar-refractivity contribution in [2.24, 2.45) is 0 Å². The third-order valence-electron chi connectivity index (χ3n) is 1.88. The van der Waals surface area contributed by atoms with Crippen LogP contribution in [0, 0.1) is 0 Å². The number of halogens is 1. The number of aryl methyl sites for hydroxylation is 1. The zero-order valence-electron chi connectivity index (χ0n) is 8.22. The van der Waals surface area contributed by atoms with Gasteiger partial charge in [-0.05, 0) is 25.1 Å². The van der Waals surface area contributed by atoms with Gasteiger partial charge >= 0.3 is 6.01 Å². The Hall–Kier alpha value is -1.55. The van der Waals surface area contributed by atoms with E-state index in [0.29, 0.717) is 16.8 Å². The lowest BCUT2D eigenvalue weighted by molar-refractivity contribution is 0.402. The predicted octanol–water partition coefficient (Wildman–Crippen LogP) is 2.74. The van der Waals surface area contributed by atoms with E-state index in [0.717, 1.165) is 6.54 Å². The van der Waals surface area contributed by atoms with Gasteiger partial charge in [-0.25, -0.2) is 4.68 Å². The van der Waals surface area contributed by atoms with Crippen molar-refractivity contribution < 1.29 is 4.74 Å². The molecular weight excluding hydrogens is 214 g/mol. The number of hydrogen-bond acceptors (Lipinski definition) is 3. The van der Waals surface area contributed by atoms with Gasteiger partial charge in [-0.2, -0.15) is 10.1 Å². The van der Waals surface area contributed by atoms with E-state index in [1.807, 2.05) is 19.1 Å². The van der Waals surface area contributed by atoms with Crippen molar-refractivity contribution in [2.45, 2.75) is 13.5 Å². The van der Waals surface area contributed by atoms with E-state index in [9.17, 15) is 0 Å². The maximum Gasteiger partial charge on any atom is 0.320 e. The molecule has 0 bridgehead atoms. The van der Waals surface area contributed by atoms with Crippen molar-refractivity contribution in [2.75, 3.05) is 0 Å². The topological polar surface area (TPSA) is 39.9 Å². The minimum atomic E-state index is 0.472. The van der Waals surface area contributed by atoms with Gasteiger partial charge < -0.3 is 4.74 Å². The van der Waals surface area contributed by atoms with Crippen molar-refractivity contribution in [3.8, 4) is 11.8 Å². The van der Waals surface area contributed by atoms with Gasteiger partial charge in [0.25, 0.3) is 0 Å². The lowest BCUT2D eigenvalue weighted by Crippen LogP contribution is -1.99. The molecule has 0 aliphatic heterocycles. The molecule has 78 valence electrons. The van der Waals surface area contributed by atoms with Crippen molar-refractivity contribution in [3.63, 3.8) is 0 Å². The highest BCUT2D eigenvalue weighted by Gasteiger charge is 2.04. The van der Waals surface area contributed by atoms with E-state index in [2.05, 4.69) is 10.1 Å². The fraction of sp³-hybridized carbons (Fsp3) is 0.200. The Balaban J connectivity index is 2.22. The van der Waals surface area contributed by atoms with Gasteiger partial charge in [-0.3, -0.25) is 0 Å². The summed E-state index contributed by atoms with van der Waals surface area (Å²) in [6.45, 7) is 2.69. The molecule has 5 heteroatoms. The van der Waals surface area contributed by atoms with Crippen LogP contribution < -0.4 is 4.74 Å². The Morgan fingerprint density at radius 2 is 2.33 bits per heavy atom. The smallest absolute Gasteiger partial charge is 0.320 e. The second-order valence-electron chi connectivity index (χ2n) is 2.92. The van der Waals surface area contributed by atoms with Crippen LogP contribution in [-0.4, -0.2) is 14.8 Å². The van der Waals surface area contributed by atoms with Crippen LogP contribution in [0.5, 0.6) is 11.8 Å². The maximum absolute atomic E-state index is 5.84. The van der Waals surface area contributed by atoms with Gasteiger partial charge in [0.2, 0.25) is 0 Å². The molecular formula is C10H10ClN3O. The second-order valence-corrected chi connectivity index (χ2v) is 3.35. The number of benzene rings is 1. The first-order valence-electron chi connectivity index (χ1n) is 4.61. The number of rotatable bonds is 3. The highest BCUT2D eigenvalue weighted by Crippen LogP contribution is 2.22. The van der Waals surface area contributed by atoms with E-state index in [1.54, 1.807) is 16.8 Å². The molecule has 2 aromatic rings. The lowest BCUT2D eigenvalue weighted by atomic mass is 10.3. The summed E-state index contributed by atoms with van der Waals surface area (Å²) in [4.78, 5) is 4.00. The number of aromatic nitrogens is 3. The van der Waals surface area contributed by atoms with Crippen LogP contribution in [0.2, 0.25) is 5.02 Å². The second kappa shape index (κ2) is 4.31. The molecule has 0 saturated heterocycles. The van der Waals surface area contributed by atoms with Crippen LogP contribution in [0.15, 0.2) is 30.6 Å². The Morgan fingerprint density at radius 1 is 1.47 bits per heavy atom. The van der Waals surface area contributed by atoms with Gasteiger partial charge in [-0.1, -0.05) is 17.7 Å². The summed E-state index contributed by atoms with van der Waals surface area (Å²) < 4.78 is 7.19. The molecule has 0 aliphatic rings. The quantitative estimate of drug-likeness (QED) is 0.803. The fourth-order valence-electron chi connectivity index (χ4n) is 1.19. The molecule has 0 aliphatic carbocycles. The predicted molar refractivity (Wildman–Crippen MR) is 57.2 cm³/mol. The average Bonchev–Trinajstić information content (AvgIpc) is 2.65. The number of ether oxygens (including phenoxy) is 1. The largest absolute Gasteiger partial charge is 0.424 e. The van der Waals surface area contributed by atoms with E-state index in [4.69, 9.17) is 16.3 Å². The van der Waals surface area contributed by atoms with Gasteiger partial charge in [0.1, 0.15) is 12.1 Å². The number of nitrogens with zero attached hydrogens (tertiary/aromatic N) is 3. The van der Waals surface area contributed by atoms with Gasteiger partial charge in [0.05, 0.1) is 0 Å². The molecule has 0 spiro atoms. The maximum atomic E-state index is 5.84. The third kappa shape index (κ3) is 2.27. The Labute approximate surface area is 92.5 Å². The van der Waals surface area contributed by atoms with Crippen LogP contribution in [-0.2, 0) is 6.54 Å². The van der Waals surface area contributed by atoms with Crippen molar-refractivity contribution >= 4 is 11.6 Å². The van der Waals surface area contributed by atoms with Gasteiger partial charge in [-0.15, -0.1) is 0 Å². The highest BCUT2D eigenvalue weighted by molar-refractivity contribution is 6.30. The van der Waals surface area contributed by atoms with E-state index in [-0.39, 0.29) is 0 Å². The van der Waals surface area contributed by atoms with E-state index < -0.39 is 0 Å². The van der Waals surface area contributed by atoms with Gasteiger partial charge in [0, 0.05) is 11.6 Å². The third-order valence-corrected chi connectivity index (χ3v) is 2.12. The summed E-state index contributed by atoms with van der Waals surface area (Å²) in [5, 5.41) is 4.64. The standard InChI is InChI=1S/C10H10ClN3O/c1-2-14-10(12-7-13-14)15-9-5-3-4-8(11)6-9/h3-7H,2H2,1H3. The van der Waals surface area contributed by atoms with Crippen molar-refractivity contribution in [3.05, 3.63) is 35.6 Å². The Kier molecular flexibility index (Phi) is 2.87. The van der Waals surface area contributed by atoms with Crippen LogP contribution in [0.25, 0.3) is 0 Å². The SMILES string of the molecule is CCn1ncnc1Oc1cccc(Cl)c1. The minimum Gasteiger partial charge on any atom is -0.424 e. The molecule has 0 saturated carbocycles. The summed E-state index contributed by atoms with van der Waals surface area (Å²) >= 11 is 5.84. The van der Waals surface area contributed by atoms with Crippen LogP contribution in [0.3, 0.4) is 0 Å². The molecule has 0 atom stereocenters. The van der Waals surface area contributed by atoms with Gasteiger partial charge in [0.15, 0.2) is 0 Å². The van der Waals surface area contributed by atoms with E-state index in [1.165, 1.54) is 6.33 Å². The fourth-order valence-corrected chi connectivity index (χ4v) is 1.37. The first kappa shape index (κ1) is 9.98. The Morgan fingerprint density at radius 3 is 3.07 bits per heavy atom. The summed E-state index contributed by atoms with van der Waals surface area (Å²) in [7, 11) is 0. The molecule has 15 heavy (non-hydrogen) atoms. The monoisotopic (exact) mass is 223 g/mol. The molecule has 4 nitrogen and oxygen atoms in total. The molecule has 2 rings (SSSR count). The van der Waals surface area contributed by atoms with Crippen molar-refractivity contribution in [1.29, 1.82) is 0 Å². The summed E-state index contributed by atoms with van der Waals surface area (Å²) in [6, 6.07) is 7.64. The minimum absolute atomic E-state index is 0.472. The number of hydrogen-bond donors (Lipinski definition) is 0. The average molecular weight is 224 g/mol. The molecule has 1 aromatic carbocycles. The molecule has 1 heterocycles. The Bertz CT molecular complexity index is 455.